The Morgan fingerprint density at radius 3 is 1.39 bits per heavy atom. The van der Waals surface area contributed by atoms with Gasteiger partial charge in [0.15, 0.2) is 11.6 Å². The van der Waals surface area contributed by atoms with E-state index in [1.54, 1.807) is 30.3 Å². The van der Waals surface area contributed by atoms with Crippen molar-refractivity contribution < 1.29 is 9.59 Å². The third-order valence-electron chi connectivity index (χ3n) is 7.34. The molecule has 0 amide bonds. The molecule has 7 rings (SSSR count). The van der Waals surface area contributed by atoms with Crippen molar-refractivity contribution in [1.29, 1.82) is 0 Å². The van der Waals surface area contributed by atoms with Crippen molar-refractivity contribution >= 4 is 54.7 Å². The zero-order valence-electron chi connectivity index (χ0n) is 20.5. The van der Waals surface area contributed by atoms with E-state index in [2.05, 4.69) is 60.7 Å². The van der Waals surface area contributed by atoms with E-state index in [1.165, 1.54) is 16.2 Å². The first-order valence-corrected chi connectivity index (χ1v) is 12.7. The van der Waals surface area contributed by atoms with Crippen LogP contribution in [0.2, 0.25) is 0 Å². The zero-order valence-corrected chi connectivity index (χ0v) is 20.5. The number of fused-ring (bicyclic) bond motifs is 4. The van der Waals surface area contributed by atoms with Gasteiger partial charge in [0.05, 0.1) is 0 Å². The molecule has 0 saturated heterocycles. The Kier molecular flexibility index (Phi) is 5.12. The topological polar surface area (TPSA) is 34.1 Å². The van der Waals surface area contributed by atoms with Gasteiger partial charge in [0.2, 0.25) is 0 Å². The first-order chi connectivity index (χ1) is 18.7. The van der Waals surface area contributed by atoms with Crippen molar-refractivity contribution in [3.05, 3.63) is 156 Å². The quantitative estimate of drug-likeness (QED) is 0.184. The van der Waals surface area contributed by atoms with E-state index >= 15 is 0 Å². The number of hydrogen-bond donors (Lipinski definition) is 0. The van der Waals surface area contributed by atoms with Crippen LogP contribution in [0, 0.1) is 0 Å². The molecule has 0 aliphatic rings. The Balaban J connectivity index is 1.51. The molecule has 2 nitrogen and oxygen atoms in total. The summed E-state index contributed by atoms with van der Waals surface area (Å²) in [6.07, 6.45) is 0. The minimum absolute atomic E-state index is 0.151. The molecule has 0 aliphatic carbocycles. The van der Waals surface area contributed by atoms with Gasteiger partial charge in [-0.15, -0.1) is 0 Å². The van der Waals surface area contributed by atoms with E-state index in [0.29, 0.717) is 22.3 Å². The van der Waals surface area contributed by atoms with E-state index in [1.807, 2.05) is 42.5 Å². The molecule has 0 saturated carbocycles. The summed E-state index contributed by atoms with van der Waals surface area (Å²) in [5.74, 6) is -0.307. The van der Waals surface area contributed by atoms with Crippen LogP contribution in [0.15, 0.2) is 133 Å². The van der Waals surface area contributed by atoms with Crippen molar-refractivity contribution in [3.8, 4) is 0 Å². The van der Waals surface area contributed by atoms with Crippen molar-refractivity contribution in [3.63, 3.8) is 0 Å². The summed E-state index contributed by atoms with van der Waals surface area (Å²) in [4.78, 5) is 27.6. The predicted octanol–water partition coefficient (Wildman–Crippen LogP) is 8.76. The molecule has 0 spiro atoms. The van der Waals surface area contributed by atoms with Gasteiger partial charge in [-0.2, -0.15) is 0 Å². The van der Waals surface area contributed by atoms with Crippen LogP contribution >= 0.6 is 0 Å². The van der Waals surface area contributed by atoms with Crippen LogP contribution in [0.5, 0.6) is 0 Å². The fourth-order valence-electron chi connectivity index (χ4n) is 5.43. The third kappa shape index (κ3) is 3.66. The van der Waals surface area contributed by atoms with Gasteiger partial charge in [0.1, 0.15) is 0 Å². The third-order valence-corrected chi connectivity index (χ3v) is 7.34. The van der Waals surface area contributed by atoms with Crippen LogP contribution in [0.1, 0.15) is 31.8 Å². The first kappa shape index (κ1) is 22.1. The summed E-state index contributed by atoms with van der Waals surface area (Å²) in [7, 11) is 0. The summed E-state index contributed by atoms with van der Waals surface area (Å²) < 4.78 is 0. The molecule has 0 heterocycles. The van der Waals surface area contributed by atoms with Crippen molar-refractivity contribution in [2.45, 2.75) is 0 Å². The van der Waals surface area contributed by atoms with Gasteiger partial charge in [-0.05, 0) is 85.6 Å². The van der Waals surface area contributed by atoms with Crippen LogP contribution in [0.4, 0.5) is 0 Å². The predicted molar refractivity (Wildman–Crippen MR) is 156 cm³/mol. The lowest BCUT2D eigenvalue weighted by Crippen LogP contribution is -2.12. The Bertz CT molecular complexity index is 2040. The van der Waals surface area contributed by atoms with Gasteiger partial charge in [-0.3, -0.25) is 9.59 Å². The molecule has 0 N–H and O–H groups in total. The summed E-state index contributed by atoms with van der Waals surface area (Å²) in [6, 6.07) is 43.5. The van der Waals surface area contributed by atoms with Crippen LogP contribution in [0.3, 0.4) is 0 Å². The Hall–Kier alpha value is -5.08. The largest absolute Gasteiger partial charge is 0.289 e. The number of hydrogen-bond acceptors (Lipinski definition) is 2. The zero-order chi connectivity index (χ0) is 25.6. The fraction of sp³-hybridized carbons (Fsp3) is 0. The van der Waals surface area contributed by atoms with Crippen molar-refractivity contribution in [2.75, 3.05) is 0 Å². The average Bonchev–Trinajstić information content (AvgIpc) is 2.97. The second-order valence-corrected chi connectivity index (χ2v) is 9.70. The lowest BCUT2D eigenvalue weighted by molar-refractivity contribution is 0.100. The molecule has 0 atom stereocenters. The lowest BCUT2D eigenvalue weighted by Gasteiger charge is -2.14. The van der Waals surface area contributed by atoms with E-state index < -0.39 is 0 Å². The molecule has 0 unspecified atom stereocenters. The monoisotopic (exact) mass is 486 g/mol. The first-order valence-electron chi connectivity index (χ1n) is 12.7. The fourth-order valence-corrected chi connectivity index (χ4v) is 5.43. The molecule has 0 aromatic heterocycles. The molecule has 2 heteroatoms. The van der Waals surface area contributed by atoms with Crippen LogP contribution in [0.25, 0.3) is 43.1 Å². The van der Waals surface area contributed by atoms with Gasteiger partial charge in [-0.25, -0.2) is 0 Å². The molecule has 0 radical (unpaired) electrons. The minimum atomic E-state index is -0.156. The standard InChI is InChI=1S/C36H22O2/c37-35(23-9-3-1-4-10-23)32-16-15-27-19-30-20-28-17-25-13-7-8-14-26(25)18-29(28)21-31(30)22-33(27)34(32)36(38)24-11-5-2-6-12-24/h1-22H. The van der Waals surface area contributed by atoms with Crippen LogP contribution in [-0.4, -0.2) is 11.6 Å². The summed E-state index contributed by atoms with van der Waals surface area (Å²) >= 11 is 0. The van der Waals surface area contributed by atoms with Gasteiger partial charge in [0.25, 0.3) is 0 Å². The lowest BCUT2D eigenvalue weighted by atomic mass is 9.87. The Labute approximate surface area is 219 Å². The maximum Gasteiger partial charge on any atom is 0.194 e. The number of carbonyl (C=O) groups excluding carboxylic acids is 2. The second kappa shape index (κ2) is 8.79. The number of benzene rings is 7. The van der Waals surface area contributed by atoms with Gasteiger partial charge in [0, 0.05) is 22.3 Å². The highest BCUT2D eigenvalue weighted by atomic mass is 16.1. The molecule has 7 aromatic carbocycles. The Morgan fingerprint density at radius 2 is 0.816 bits per heavy atom. The summed E-state index contributed by atoms with van der Waals surface area (Å²) in [5, 5.41) is 8.56. The van der Waals surface area contributed by atoms with E-state index in [0.717, 1.165) is 26.9 Å². The molecule has 7 aromatic rings. The Morgan fingerprint density at radius 1 is 0.368 bits per heavy atom. The van der Waals surface area contributed by atoms with Gasteiger partial charge >= 0.3 is 0 Å². The highest BCUT2D eigenvalue weighted by molar-refractivity contribution is 6.26. The van der Waals surface area contributed by atoms with Crippen LogP contribution in [-0.2, 0) is 0 Å². The van der Waals surface area contributed by atoms with Gasteiger partial charge in [-0.1, -0.05) is 91.0 Å². The molecular weight excluding hydrogens is 464 g/mol. The minimum Gasteiger partial charge on any atom is -0.289 e. The molecule has 38 heavy (non-hydrogen) atoms. The van der Waals surface area contributed by atoms with Crippen molar-refractivity contribution in [1.82, 2.24) is 0 Å². The highest BCUT2D eigenvalue weighted by Gasteiger charge is 2.22. The van der Waals surface area contributed by atoms with E-state index in [-0.39, 0.29) is 11.6 Å². The molecular formula is C36H22O2. The average molecular weight is 487 g/mol. The molecule has 178 valence electrons. The second-order valence-electron chi connectivity index (χ2n) is 9.70. The highest BCUT2D eigenvalue weighted by Crippen LogP contribution is 2.34. The summed E-state index contributed by atoms with van der Waals surface area (Å²) in [6.45, 7) is 0. The molecule has 0 bridgehead atoms. The van der Waals surface area contributed by atoms with E-state index in [9.17, 15) is 9.59 Å². The van der Waals surface area contributed by atoms with E-state index in [4.69, 9.17) is 0 Å². The normalized spacial score (nSPS) is 11.4. The maximum atomic E-state index is 14.0. The number of ketones is 2. The maximum absolute atomic E-state index is 14.0. The van der Waals surface area contributed by atoms with Gasteiger partial charge < -0.3 is 0 Å². The molecule has 0 fully saturated rings. The number of carbonyl (C=O) groups is 2. The van der Waals surface area contributed by atoms with Crippen LogP contribution < -0.4 is 0 Å². The molecule has 0 aliphatic heterocycles. The summed E-state index contributed by atoms with van der Waals surface area (Å²) in [5.41, 5.74) is 1.99. The van der Waals surface area contributed by atoms with Crippen molar-refractivity contribution in [2.24, 2.45) is 0 Å². The SMILES string of the molecule is O=C(c1ccccc1)c1ccc2cc3cc4cc5ccccc5cc4cc3cc2c1C(=O)c1ccccc1. The number of rotatable bonds is 4. The smallest absolute Gasteiger partial charge is 0.194 e.